The number of hydrogen-bond donors (Lipinski definition) is 0. The van der Waals surface area contributed by atoms with Crippen molar-refractivity contribution < 1.29 is 9.53 Å². The maximum absolute atomic E-state index is 13.5. The van der Waals surface area contributed by atoms with Crippen LogP contribution in [0.2, 0.25) is 0 Å². The Morgan fingerprint density at radius 2 is 1.65 bits per heavy atom. The number of amides is 1. The number of thioether (sulfide) groups is 1. The molecule has 1 saturated heterocycles. The van der Waals surface area contributed by atoms with E-state index in [9.17, 15) is 10.1 Å². The van der Waals surface area contributed by atoms with Gasteiger partial charge in [0.2, 0.25) is 0 Å². The Morgan fingerprint density at radius 3 is 2.38 bits per heavy atom. The number of benzene rings is 4. The molecule has 1 amide bonds. The SMILES string of the molecule is N#Cc1ccccc1COc1ccc(/C=C2/SC(=Nc3ccccc3)N(c3ccccc3)C2=O)cc1Br. The number of aliphatic imine (C=N–C) groups is 1. The lowest BCUT2D eigenvalue weighted by Gasteiger charge is -2.15. The molecule has 1 heterocycles. The summed E-state index contributed by atoms with van der Waals surface area (Å²) < 4.78 is 6.71. The number of anilines is 1. The number of halogens is 1. The molecule has 0 aliphatic carbocycles. The lowest BCUT2D eigenvalue weighted by atomic mass is 10.1. The van der Waals surface area contributed by atoms with E-state index >= 15 is 0 Å². The molecule has 7 heteroatoms. The van der Waals surface area contributed by atoms with Gasteiger partial charge in [-0.05, 0) is 81.8 Å². The molecule has 0 unspecified atom stereocenters. The topological polar surface area (TPSA) is 65.7 Å². The molecule has 5 nitrogen and oxygen atoms in total. The largest absolute Gasteiger partial charge is 0.488 e. The number of nitriles is 1. The molecule has 0 N–H and O–H groups in total. The van der Waals surface area contributed by atoms with Gasteiger partial charge in [0.05, 0.1) is 32.4 Å². The standard InChI is InChI=1S/C30H20BrN3O2S/c31-26-17-21(15-16-27(26)36-20-23-10-8-7-9-22(23)19-32)18-28-29(35)34(25-13-5-2-6-14-25)30(37-28)33-24-11-3-1-4-12-24/h1-18H,20H2/b28-18+,33-30?. The van der Waals surface area contributed by atoms with Gasteiger partial charge in [0.1, 0.15) is 12.4 Å². The van der Waals surface area contributed by atoms with E-state index in [2.05, 4.69) is 22.0 Å². The highest BCUT2D eigenvalue weighted by Gasteiger charge is 2.34. The summed E-state index contributed by atoms with van der Waals surface area (Å²) in [6, 6.07) is 34.3. The Labute approximate surface area is 227 Å². The number of ether oxygens (including phenoxy) is 1. The lowest BCUT2D eigenvalue weighted by molar-refractivity contribution is -0.113. The van der Waals surface area contributed by atoms with Gasteiger partial charge in [0.15, 0.2) is 5.17 Å². The predicted molar refractivity (Wildman–Crippen MR) is 153 cm³/mol. The van der Waals surface area contributed by atoms with Gasteiger partial charge < -0.3 is 4.74 Å². The molecule has 0 spiro atoms. The number of rotatable bonds is 6. The summed E-state index contributed by atoms with van der Waals surface area (Å²) in [7, 11) is 0. The highest BCUT2D eigenvalue weighted by molar-refractivity contribution is 9.10. The van der Waals surface area contributed by atoms with Crippen LogP contribution in [0.3, 0.4) is 0 Å². The molecule has 0 radical (unpaired) electrons. The van der Waals surface area contributed by atoms with Crippen LogP contribution in [0.4, 0.5) is 11.4 Å². The summed E-state index contributed by atoms with van der Waals surface area (Å²) in [5.41, 5.74) is 3.80. The molecule has 5 rings (SSSR count). The van der Waals surface area contributed by atoms with Crippen LogP contribution in [0.5, 0.6) is 5.75 Å². The predicted octanol–water partition coefficient (Wildman–Crippen LogP) is 7.71. The number of amidine groups is 1. The second-order valence-corrected chi connectivity index (χ2v) is 9.93. The van der Waals surface area contributed by atoms with Gasteiger partial charge in [0.25, 0.3) is 5.91 Å². The van der Waals surface area contributed by atoms with E-state index in [1.165, 1.54) is 11.8 Å². The Balaban J connectivity index is 1.40. The molecule has 1 fully saturated rings. The van der Waals surface area contributed by atoms with E-state index in [0.29, 0.717) is 21.4 Å². The number of carbonyl (C=O) groups is 1. The van der Waals surface area contributed by atoms with Crippen molar-refractivity contribution in [2.24, 2.45) is 4.99 Å². The van der Waals surface area contributed by atoms with Gasteiger partial charge in [0, 0.05) is 5.56 Å². The van der Waals surface area contributed by atoms with Crippen molar-refractivity contribution in [3.8, 4) is 11.8 Å². The second-order valence-electron chi connectivity index (χ2n) is 8.06. The van der Waals surface area contributed by atoms with Crippen molar-refractivity contribution in [3.63, 3.8) is 0 Å². The highest BCUT2D eigenvalue weighted by atomic mass is 79.9. The average Bonchev–Trinajstić information content (AvgIpc) is 3.23. The maximum Gasteiger partial charge on any atom is 0.271 e. The van der Waals surface area contributed by atoms with E-state index < -0.39 is 0 Å². The van der Waals surface area contributed by atoms with E-state index in [4.69, 9.17) is 9.73 Å². The molecular weight excluding hydrogens is 546 g/mol. The summed E-state index contributed by atoms with van der Waals surface area (Å²) >= 11 is 4.92. The van der Waals surface area contributed by atoms with Gasteiger partial charge in [-0.25, -0.2) is 4.99 Å². The second kappa shape index (κ2) is 11.3. The summed E-state index contributed by atoms with van der Waals surface area (Å²) in [6.45, 7) is 0.280. The number of carbonyl (C=O) groups excluding carboxylic acids is 1. The number of para-hydroxylation sites is 2. The van der Waals surface area contributed by atoms with E-state index in [1.54, 1.807) is 11.0 Å². The molecule has 4 aromatic carbocycles. The normalized spacial score (nSPS) is 15.2. The molecule has 0 saturated carbocycles. The van der Waals surface area contributed by atoms with Crippen LogP contribution in [0.25, 0.3) is 6.08 Å². The fourth-order valence-electron chi connectivity index (χ4n) is 3.75. The van der Waals surface area contributed by atoms with Crippen molar-refractivity contribution in [1.29, 1.82) is 5.26 Å². The van der Waals surface area contributed by atoms with E-state index in [-0.39, 0.29) is 12.5 Å². The van der Waals surface area contributed by atoms with Crippen LogP contribution in [-0.4, -0.2) is 11.1 Å². The maximum atomic E-state index is 13.5. The zero-order valence-corrected chi connectivity index (χ0v) is 21.9. The third-order valence-corrected chi connectivity index (χ3v) is 7.16. The minimum atomic E-state index is -0.129. The zero-order valence-electron chi connectivity index (χ0n) is 19.5. The Bertz CT molecular complexity index is 1550. The third-order valence-electron chi connectivity index (χ3n) is 5.58. The molecule has 0 aromatic heterocycles. The van der Waals surface area contributed by atoms with Gasteiger partial charge in [-0.3, -0.25) is 9.69 Å². The van der Waals surface area contributed by atoms with Crippen LogP contribution in [-0.2, 0) is 11.4 Å². The van der Waals surface area contributed by atoms with E-state index in [0.717, 1.165) is 27.0 Å². The van der Waals surface area contributed by atoms with Crippen LogP contribution >= 0.6 is 27.7 Å². The van der Waals surface area contributed by atoms with Crippen LogP contribution in [0.1, 0.15) is 16.7 Å². The molecule has 1 aliphatic heterocycles. The fraction of sp³-hybridized carbons (Fsp3) is 0.0333. The minimum absolute atomic E-state index is 0.129. The number of nitrogens with zero attached hydrogens (tertiary/aromatic N) is 3. The summed E-state index contributed by atoms with van der Waals surface area (Å²) in [6.07, 6.45) is 1.86. The molecule has 180 valence electrons. The fourth-order valence-corrected chi connectivity index (χ4v) is 5.26. The first kappa shape index (κ1) is 24.6. The van der Waals surface area contributed by atoms with Crippen molar-refractivity contribution in [3.05, 3.63) is 129 Å². The molecule has 0 bridgehead atoms. The Kier molecular flexibility index (Phi) is 7.50. The Hall–Kier alpha value is -4.12. The quantitative estimate of drug-likeness (QED) is 0.224. The summed E-state index contributed by atoms with van der Waals surface area (Å²) in [5, 5.41) is 9.89. The molecule has 0 atom stereocenters. The van der Waals surface area contributed by atoms with Crippen molar-refractivity contribution in [1.82, 2.24) is 0 Å². The smallest absolute Gasteiger partial charge is 0.271 e. The average molecular weight is 566 g/mol. The first-order valence-electron chi connectivity index (χ1n) is 11.5. The molecule has 37 heavy (non-hydrogen) atoms. The highest BCUT2D eigenvalue weighted by Crippen LogP contribution is 2.38. The van der Waals surface area contributed by atoms with Gasteiger partial charge in [-0.15, -0.1) is 0 Å². The number of hydrogen-bond acceptors (Lipinski definition) is 5. The summed E-state index contributed by atoms with van der Waals surface area (Å²) in [4.78, 5) is 20.4. The van der Waals surface area contributed by atoms with E-state index in [1.807, 2.05) is 103 Å². The van der Waals surface area contributed by atoms with Crippen molar-refractivity contribution >= 4 is 56.2 Å². The Morgan fingerprint density at radius 1 is 0.946 bits per heavy atom. The lowest BCUT2D eigenvalue weighted by Crippen LogP contribution is -2.28. The van der Waals surface area contributed by atoms with Crippen LogP contribution in [0.15, 0.2) is 117 Å². The van der Waals surface area contributed by atoms with Crippen molar-refractivity contribution in [2.45, 2.75) is 6.61 Å². The zero-order chi connectivity index (χ0) is 25.6. The molecule has 4 aromatic rings. The van der Waals surface area contributed by atoms with Crippen LogP contribution < -0.4 is 9.64 Å². The first-order valence-corrected chi connectivity index (χ1v) is 13.1. The molecule has 1 aliphatic rings. The first-order chi connectivity index (χ1) is 18.1. The minimum Gasteiger partial charge on any atom is -0.488 e. The monoisotopic (exact) mass is 565 g/mol. The van der Waals surface area contributed by atoms with Gasteiger partial charge in [-0.1, -0.05) is 60.7 Å². The van der Waals surface area contributed by atoms with Crippen LogP contribution in [0, 0.1) is 11.3 Å². The molecular formula is C30H20BrN3O2S. The van der Waals surface area contributed by atoms with Gasteiger partial charge >= 0.3 is 0 Å². The van der Waals surface area contributed by atoms with Gasteiger partial charge in [-0.2, -0.15) is 5.26 Å². The third kappa shape index (κ3) is 5.67. The summed E-state index contributed by atoms with van der Waals surface area (Å²) in [5.74, 6) is 0.521. The van der Waals surface area contributed by atoms with Crippen molar-refractivity contribution in [2.75, 3.05) is 4.90 Å².